The minimum Gasteiger partial charge on any atom is -0.396 e. The van der Waals surface area contributed by atoms with Crippen LogP contribution in [0.5, 0.6) is 0 Å². The summed E-state index contributed by atoms with van der Waals surface area (Å²) in [5.41, 5.74) is 3.39. The SMILES string of the molecule is Cc1c(CCCO)cccc1S(=O)(=O)c1cccc(CCCO)c1C. The largest absolute Gasteiger partial charge is 0.396 e. The molecule has 4 nitrogen and oxygen atoms in total. The van der Waals surface area contributed by atoms with Crippen molar-refractivity contribution in [2.24, 2.45) is 0 Å². The summed E-state index contributed by atoms with van der Waals surface area (Å²) in [6.45, 7) is 3.82. The van der Waals surface area contributed by atoms with Crippen molar-refractivity contribution < 1.29 is 18.6 Å². The second-order valence-electron chi connectivity index (χ2n) is 6.24. The van der Waals surface area contributed by atoms with E-state index in [1.165, 1.54) is 0 Å². The first kappa shape index (κ1) is 19.6. The van der Waals surface area contributed by atoms with E-state index in [1.807, 2.05) is 26.0 Å². The van der Waals surface area contributed by atoms with Gasteiger partial charge in [0.25, 0.3) is 0 Å². The Morgan fingerprint density at radius 3 is 1.52 bits per heavy atom. The minimum atomic E-state index is -3.62. The molecule has 0 spiro atoms. The van der Waals surface area contributed by atoms with Gasteiger partial charge in [-0.1, -0.05) is 24.3 Å². The van der Waals surface area contributed by atoms with E-state index in [-0.39, 0.29) is 13.2 Å². The summed E-state index contributed by atoms with van der Waals surface area (Å²) in [6, 6.07) is 10.6. The molecule has 25 heavy (non-hydrogen) atoms. The van der Waals surface area contributed by atoms with Gasteiger partial charge in [-0.3, -0.25) is 0 Å². The molecular formula is C20H26O4S. The van der Waals surface area contributed by atoms with E-state index in [4.69, 9.17) is 10.2 Å². The zero-order chi connectivity index (χ0) is 18.4. The third-order valence-corrected chi connectivity index (χ3v) is 6.62. The van der Waals surface area contributed by atoms with E-state index < -0.39 is 9.84 Å². The van der Waals surface area contributed by atoms with Crippen LogP contribution in [-0.2, 0) is 22.7 Å². The molecule has 2 rings (SSSR count). The van der Waals surface area contributed by atoms with Gasteiger partial charge in [0, 0.05) is 13.2 Å². The van der Waals surface area contributed by atoms with Crippen LogP contribution in [-0.4, -0.2) is 31.8 Å². The van der Waals surface area contributed by atoms with Crippen molar-refractivity contribution in [2.45, 2.75) is 49.3 Å². The lowest BCUT2D eigenvalue weighted by molar-refractivity contribution is 0.288. The fraction of sp³-hybridized carbons (Fsp3) is 0.400. The van der Waals surface area contributed by atoms with E-state index in [0.29, 0.717) is 35.5 Å². The molecule has 2 aromatic carbocycles. The van der Waals surface area contributed by atoms with Gasteiger partial charge in [-0.2, -0.15) is 0 Å². The van der Waals surface area contributed by atoms with Crippen LogP contribution in [0.3, 0.4) is 0 Å². The summed E-state index contributed by atoms with van der Waals surface area (Å²) in [5, 5.41) is 18.1. The molecule has 2 aromatic rings. The zero-order valence-corrected chi connectivity index (χ0v) is 15.6. The van der Waals surface area contributed by atoms with Crippen LogP contribution in [0.2, 0.25) is 0 Å². The summed E-state index contributed by atoms with van der Waals surface area (Å²) in [6.07, 6.45) is 2.53. The number of hydrogen-bond acceptors (Lipinski definition) is 4. The Labute approximate surface area is 150 Å². The molecule has 5 heteroatoms. The molecule has 0 unspecified atom stereocenters. The number of benzene rings is 2. The highest BCUT2D eigenvalue weighted by atomic mass is 32.2. The van der Waals surface area contributed by atoms with Gasteiger partial charge in [0.2, 0.25) is 9.84 Å². The first-order valence-corrected chi connectivity index (χ1v) is 10.1. The molecule has 0 aromatic heterocycles. The van der Waals surface area contributed by atoms with Crippen LogP contribution in [0.1, 0.15) is 35.1 Å². The van der Waals surface area contributed by atoms with Crippen molar-refractivity contribution in [1.82, 2.24) is 0 Å². The topological polar surface area (TPSA) is 74.6 Å². The highest BCUT2D eigenvalue weighted by Crippen LogP contribution is 2.30. The van der Waals surface area contributed by atoms with Gasteiger partial charge in [-0.25, -0.2) is 8.42 Å². The van der Waals surface area contributed by atoms with Crippen molar-refractivity contribution in [1.29, 1.82) is 0 Å². The average molecular weight is 362 g/mol. The molecule has 0 radical (unpaired) electrons. The lowest BCUT2D eigenvalue weighted by Crippen LogP contribution is -2.09. The number of aryl methyl sites for hydroxylation is 2. The molecule has 0 saturated carbocycles. The van der Waals surface area contributed by atoms with Gasteiger partial charge in [0.05, 0.1) is 9.79 Å². The zero-order valence-electron chi connectivity index (χ0n) is 14.8. The third kappa shape index (κ3) is 4.29. The monoisotopic (exact) mass is 362 g/mol. The maximum atomic E-state index is 13.2. The summed E-state index contributed by atoms with van der Waals surface area (Å²) in [4.78, 5) is 0.649. The molecule has 0 amide bonds. The molecule has 136 valence electrons. The molecule has 0 aliphatic carbocycles. The second-order valence-corrected chi connectivity index (χ2v) is 8.12. The number of sulfone groups is 1. The maximum absolute atomic E-state index is 13.2. The maximum Gasteiger partial charge on any atom is 0.207 e. The third-order valence-electron chi connectivity index (χ3n) is 4.58. The van der Waals surface area contributed by atoms with Crippen LogP contribution in [0.25, 0.3) is 0 Å². The van der Waals surface area contributed by atoms with Gasteiger partial charge in [-0.15, -0.1) is 0 Å². The highest BCUT2D eigenvalue weighted by molar-refractivity contribution is 7.91. The fourth-order valence-electron chi connectivity index (χ4n) is 3.10. The van der Waals surface area contributed by atoms with Crippen molar-refractivity contribution in [3.63, 3.8) is 0 Å². The number of aliphatic hydroxyl groups excluding tert-OH is 2. The smallest absolute Gasteiger partial charge is 0.207 e. The van der Waals surface area contributed by atoms with Crippen molar-refractivity contribution >= 4 is 9.84 Å². The van der Waals surface area contributed by atoms with Gasteiger partial charge >= 0.3 is 0 Å². The van der Waals surface area contributed by atoms with Gasteiger partial charge in [0.15, 0.2) is 0 Å². The fourth-order valence-corrected chi connectivity index (χ4v) is 4.92. The van der Waals surface area contributed by atoms with Crippen LogP contribution in [0.4, 0.5) is 0 Å². The Kier molecular flexibility index (Phi) is 6.76. The molecule has 0 atom stereocenters. The quantitative estimate of drug-likeness (QED) is 0.757. The van der Waals surface area contributed by atoms with Crippen molar-refractivity contribution in [3.05, 3.63) is 58.7 Å². The van der Waals surface area contributed by atoms with E-state index in [0.717, 1.165) is 22.3 Å². The molecule has 0 saturated heterocycles. The molecule has 0 aliphatic rings. The Morgan fingerprint density at radius 2 is 1.16 bits per heavy atom. The first-order valence-electron chi connectivity index (χ1n) is 8.57. The molecular weight excluding hydrogens is 336 g/mol. The summed E-state index contributed by atoms with van der Waals surface area (Å²) < 4.78 is 26.5. The molecule has 2 N–H and O–H groups in total. The Morgan fingerprint density at radius 1 is 0.760 bits per heavy atom. The van der Waals surface area contributed by atoms with Gasteiger partial charge in [-0.05, 0) is 73.9 Å². The molecule has 0 aliphatic heterocycles. The summed E-state index contributed by atoms with van der Waals surface area (Å²) in [5.74, 6) is 0. The van der Waals surface area contributed by atoms with E-state index in [1.54, 1.807) is 24.3 Å². The van der Waals surface area contributed by atoms with Crippen molar-refractivity contribution in [2.75, 3.05) is 13.2 Å². The van der Waals surface area contributed by atoms with Gasteiger partial charge in [0.1, 0.15) is 0 Å². The van der Waals surface area contributed by atoms with Gasteiger partial charge < -0.3 is 10.2 Å². The minimum absolute atomic E-state index is 0.0857. The standard InChI is InChI=1S/C20H26O4S/c1-15-17(9-5-13-21)7-3-11-19(15)25(23,24)20-12-4-8-18(16(20)2)10-6-14-22/h3-4,7-8,11-12,21-22H,5-6,9-10,13-14H2,1-2H3. The predicted molar refractivity (Wildman–Crippen MR) is 98.6 cm³/mol. The highest BCUT2D eigenvalue weighted by Gasteiger charge is 2.23. The molecule has 0 bridgehead atoms. The van der Waals surface area contributed by atoms with E-state index in [9.17, 15) is 8.42 Å². The predicted octanol–water partition coefficient (Wildman–Crippen LogP) is 2.99. The van der Waals surface area contributed by atoms with E-state index >= 15 is 0 Å². The Hall–Kier alpha value is -1.69. The van der Waals surface area contributed by atoms with E-state index in [2.05, 4.69) is 0 Å². The van der Waals surface area contributed by atoms with Crippen molar-refractivity contribution in [3.8, 4) is 0 Å². The number of rotatable bonds is 8. The number of hydrogen-bond donors (Lipinski definition) is 2. The molecule has 0 heterocycles. The van der Waals surface area contributed by atoms with Crippen LogP contribution >= 0.6 is 0 Å². The average Bonchev–Trinajstić information content (AvgIpc) is 2.59. The lowest BCUT2D eigenvalue weighted by Gasteiger charge is -2.15. The van der Waals surface area contributed by atoms with Crippen LogP contribution in [0.15, 0.2) is 46.2 Å². The number of aliphatic hydroxyl groups is 2. The molecule has 0 fully saturated rings. The normalized spacial score (nSPS) is 11.7. The summed E-state index contributed by atoms with van der Waals surface area (Å²) >= 11 is 0. The Bertz CT molecular complexity index is 762. The first-order chi connectivity index (χ1) is 11.9. The second kappa shape index (κ2) is 8.61. The Balaban J connectivity index is 2.49. The van der Waals surface area contributed by atoms with Crippen LogP contribution < -0.4 is 0 Å². The summed E-state index contributed by atoms with van der Waals surface area (Å²) in [7, 11) is -3.62. The lowest BCUT2D eigenvalue weighted by atomic mass is 10.0. The van der Waals surface area contributed by atoms with Crippen LogP contribution in [0, 0.1) is 13.8 Å².